The van der Waals surface area contributed by atoms with E-state index in [1.807, 2.05) is 12.1 Å². The Morgan fingerprint density at radius 2 is 2.00 bits per heavy atom. The number of piperidine rings is 1. The van der Waals surface area contributed by atoms with Crippen LogP contribution in [0.25, 0.3) is 0 Å². The number of aromatic nitrogens is 1. The molecule has 1 aromatic rings. The van der Waals surface area contributed by atoms with Crippen molar-refractivity contribution in [2.24, 2.45) is 5.41 Å². The van der Waals surface area contributed by atoms with Crippen molar-refractivity contribution in [1.29, 1.82) is 0 Å². The van der Waals surface area contributed by atoms with Crippen molar-refractivity contribution in [2.45, 2.75) is 57.1 Å². The SMILES string of the molecule is O=C1N(C2CCC(O)CC2)CC[C@@]12CCCN(c1ncccc1Cl)C2. The Hall–Kier alpha value is -1.33. The number of halogens is 1. The molecule has 0 radical (unpaired) electrons. The highest BCUT2D eigenvalue weighted by atomic mass is 35.5. The lowest BCUT2D eigenvalue weighted by molar-refractivity contribution is -0.139. The van der Waals surface area contributed by atoms with Gasteiger partial charge in [-0.25, -0.2) is 4.98 Å². The highest BCUT2D eigenvalue weighted by Crippen LogP contribution is 2.43. The first-order valence-corrected chi connectivity index (χ1v) is 9.81. The molecule has 4 rings (SSSR count). The number of hydrogen-bond donors (Lipinski definition) is 1. The number of aliphatic hydroxyl groups excluding tert-OH is 1. The summed E-state index contributed by atoms with van der Waals surface area (Å²) in [6.07, 6.45) is 7.95. The average molecular weight is 364 g/mol. The number of aliphatic hydroxyl groups is 1. The number of amides is 1. The van der Waals surface area contributed by atoms with Crippen LogP contribution in [0.4, 0.5) is 5.82 Å². The van der Waals surface area contributed by atoms with E-state index in [0.29, 0.717) is 23.5 Å². The summed E-state index contributed by atoms with van der Waals surface area (Å²) in [5.41, 5.74) is -0.283. The number of carbonyl (C=O) groups is 1. The van der Waals surface area contributed by atoms with Gasteiger partial charge in [0.25, 0.3) is 0 Å². The first-order valence-electron chi connectivity index (χ1n) is 9.44. The first kappa shape index (κ1) is 17.1. The number of pyridine rings is 1. The number of anilines is 1. The normalized spacial score (nSPS) is 33.3. The number of hydrogen-bond acceptors (Lipinski definition) is 4. The Kier molecular flexibility index (Phi) is 4.63. The second-order valence-corrected chi connectivity index (χ2v) is 8.23. The smallest absolute Gasteiger partial charge is 0.230 e. The molecule has 0 bridgehead atoms. The zero-order valence-electron chi connectivity index (χ0n) is 14.5. The van der Waals surface area contributed by atoms with Gasteiger partial charge in [-0.05, 0) is 57.1 Å². The standard InChI is InChI=1S/C19H26ClN3O2/c20-16-3-1-10-21-17(16)22-11-2-8-19(13-22)9-12-23(18(19)25)14-4-6-15(24)7-5-14/h1,3,10,14-15,24H,2,4-9,11-13H2/t14?,15?,19-/m1/s1. The predicted octanol–water partition coefficient (Wildman–Crippen LogP) is 2.86. The maximum absolute atomic E-state index is 13.3. The highest BCUT2D eigenvalue weighted by Gasteiger charge is 2.50. The Labute approximate surface area is 154 Å². The Morgan fingerprint density at radius 3 is 2.76 bits per heavy atom. The third kappa shape index (κ3) is 3.13. The number of rotatable bonds is 2. The van der Waals surface area contributed by atoms with Gasteiger partial charge in [0.15, 0.2) is 0 Å². The Morgan fingerprint density at radius 1 is 1.20 bits per heavy atom. The third-order valence-corrected chi connectivity index (χ3v) is 6.56. The van der Waals surface area contributed by atoms with Crippen LogP contribution in [-0.2, 0) is 4.79 Å². The summed E-state index contributed by atoms with van der Waals surface area (Å²) in [5.74, 6) is 1.11. The van der Waals surface area contributed by atoms with E-state index >= 15 is 0 Å². The maximum Gasteiger partial charge on any atom is 0.230 e. The van der Waals surface area contributed by atoms with E-state index < -0.39 is 0 Å². The van der Waals surface area contributed by atoms with Crippen LogP contribution in [0.15, 0.2) is 18.3 Å². The fraction of sp³-hybridized carbons (Fsp3) is 0.684. The van der Waals surface area contributed by atoms with Gasteiger partial charge < -0.3 is 14.9 Å². The minimum atomic E-state index is -0.283. The minimum absolute atomic E-state index is 0.181. The van der Waals surface area contributed by atoms with Gasteiger partial charge in [-0.1, -0.05) is 11.6 Å². The minimum Gasteiger partial charge on any atom is -0.393 e. The molecule has 3 heterocycles. The molecule has 1 N–H and O–H groups in total. The third-order valence-electron chi connectivity index (χ3n) is 6.27. The van der Waals surface area contributed by atoms with E-state index in [-0.39, 0.29) is 11.5 Å². The van der Waals surface area contributed by atoms with Crippen molar-refractivity contribution in [3.05, 3.63) is 23.4 Å². The van der Waals surface area contributed by atoms with E-state index in [1.165, 1.54) is 0 Å². The molecular weight excluding hydrogens is 338 g/mol. The van der Waals surface area contributed by atoms with Crippen molar-refractivity contribution < 1.29 is 9.90 Å². The Balaban J connectivity index is 1.50. The average Bonchev–Trinajstić information content (AvgIpc) is 2.92. The molecule has 6 heteroatoms. The van der Waals surface area contributed by atoms with Gasteiger partial charge in [-0.2, -0.15) is 0 Å². The van der Waals surface area contributed by atoms with Gasteiger partial charge in [0.05, 0.1) is 16.5 Å². The second-order valence-electron chi connectivity index (χ2n) is 7.83. The van der Waals surface area contributed by atoms with Gasteiger partial charge in [0.2, 0.25) is 5.91 Å². The van der Waals surface area contributed by atoms with Gasteiger partial charge in [0, 0.05) is 31.9 Å². The van der Waals surface area contributed by atoms with Crippen LogP contribution in [0, 0.1) is 5.41 Å². The van der Waals surface area contributed by atoms with Crippen molar-refractivity contribution in [3.8, 4) is 0 Å². The molecular formula is C19H26ClN3O2. The zero-order chi connectivity index (χ0) is 17.4. The van der Waals surface area contributed by atoms with E-state index in [1.54, 1.807) is 6.20 Å². The molecule has 2 saturated heterocycles. The number of carbonyl (C=O) groups excluding carboxylic acids is 1. The van der Waals surface area contributed by atoms with E-state index in [0.717, 1.165) is 63.9 Å². The van der Waals surface area contributed by atoms with Crippen LogP contribution in [0.2, 0.25) is 5.02 Å². The summed E-state index contributed by atoms with van der Waals surface area (Å²) in [4.78, 5) is 22.0. The summed E-state index contributed by atoms with van der Waals surface area (Å²) >= 11 is 6.33. The number of nitrogens with zero attached hydrogens (tertiary/aromatic N) is 3. The first-order chi connectivity index (χ1) is 12.1. The predicted molar refractivity (Wildman–Crippen MR) is 97.7 cm³/mol. The van der Waals surface area contributed by atoms with Crippen molar-refractivity contribution in [3.63, 3.8) is 0 Å². The molecule has 5 nitrogen and oxygen atoms in total. The van der Waals surface area contributed by atoms with Gasteiger partial charge >= 0.3 is 0 Å². The quantitative estimate of drug-likeness (QED) is 0.877. The summed E-state index contributed by atoms with van der Waals surface area (Å²) in [6.45, 7) is 2.47. The van der Waals surface area contributed by atoms with Crippen LogP contribution in [0.5, 0.6) is 0 Å². The van der Waals surface area contributed by atoms with Crippen LogP contribution < -0.4 is 4.90 Å². The van der Waals surface area contributed by atoms with Crippen molar-refractivity contribution in [1.82, 2.24) is 9.88 Å². The van der Waals surface area contributed by atoms with Gasteiger partial charge in [-0.3, -0.25) is 4.79 Å². The summed E-state index contributed by atoms with van der Waals surface area (Å²) in [7, 11) is 0. The second kappa shape index (κ2) is 6.76. The van der Waals surface area contributed by atoms with Crippen molar-refractivity contribution >= 4 is 23.3 Å². The summed E-state index contributed by atoms with van der Waals surface area (Å²) < 4.78 is 0. The summed E-state index contributed by atoms with van der Waals surface area (Å²) in [5, 5.41) is 10.4. The fourth-order valence-corrected chi connectivity index (χ4v) is 5.11. The molecule has 136 valence electrons. The molecule has 3 fully saturated rings. The number of likely N-dealkylation sites (tertiary alicyclic amines) is 1. The van der Waals surface area contributed by atoms with Gasteiger partial charge in [-0.15, -0.1) is 0 Å². The molecule has 0 unspecified atom stereocenters. The van der Waals surface area contributed by atoms with Crippen LogP contribution in [0.1, 0.15) is 44.9 Å². The van der Waals surface area contributed by atoms with Crippen LogP contribution in [0.3, 0.4) is 0 Å². The fourth-order valence-electron chi connectivity index (χ4n) is 4.87. The van der Waals surface area contributed by atoms with Crippen LogP contribution in [-0.4, -0.2) is 52.7 Å². The lowest BCUT2D eigenvalue weighted by Gasteiger charge is -2.41. The molecule has 1 aliphatic carbocycles. The molecule has 3 aliphatic rings. The molecule has 1 atom stereocenters. The van der Waals surface area contributed by atoms with E-state index in [2.05, 4.69) is 14.8 Å². The monoisotopic (exact) mass is 363 g/mol. The van der Waals surface area contributed by atoms with Gasteiger partial charge in [0.1, 0.15) is 5.82 Å². The van der Waals surface area contributed by atoms with Crippen molar-refractivity contribution in [2.75, 3.05) is 24.5 Å². The summed E-state index contributed by atoms with van der Waals surface area (Å²) in [6, 6.07) is 4.01. The topological polar surface area (TPSA) is 56.7 Å². The molecule has 1 spiro atoms. The highest BCUT2D eigenvalue weighted by molar-refractivity contribution is 6.32. The lowest BCUT2D eigenvalue weighted by Crippen LogP contribution is -2.50. The molecule has 1 aromatic heterocycles. The Bertz CT molecular complexity index is 647. The molecule has 0 aromatic carbocycles. The largest absolute Gasteiger partial charge is 0.393 e. The molecule has 25 heavy (non-hydrogen) atoms. The molecule has 1 saturated carbocycles. The lowest BCUT2D eigenvalue weighted by atomic mass is 9.78. The van der Waals surface area contributed by atoms with E-state index in [9.17, 15) is 9.90 Å². The molecule has 1 amide bonds. The zero-order valence-corrected chi connectivity index (χ0v) is 15.3. The maximum atomic E-state index is 13.3. The van der Waals surface area contributed by atoms with E-state index in [4.69, 9.17) is 11.6 Å². The molecule has 2 aliphatic heterocycles. The van der Waals surface area contributed by atoms with Crippen LogP contribution >= 0.6 is 11.6 Å².